The van der Waals surface area contributed by atoms with Gasteiger partial charge in [0.1, 0.15) is 35.6 Å². The second-order valence-corrected chi connectivity index (χ2v) is 9.74. The number of anilines is 1. The summed E-state index contributed by atoms with van der Waals surface area (Å²) in [5.74, 6) is 1.29. The highest BCUT2D eigenvalue weighted by molar-refractivity contribution is 7.15. The molecule has 0 aliphatic carbocycles. The third-order valence-corrected chi connectivity index (χ3v) is 5.96. The Morgan fingerprint density at radius 2 is 1.92 bits per heavy atom. The molecule has 0 unspecified atom stereocenters. The highest BCUT2D eigenvalue weighted by Gasteiger charge is 2.16. The van der Waals surface area contributed by atoms with E-state index < -0.39 is 5.91 Å². The van der Waals surface area contributed by atoms with Crippen LogP contribution in [0.5, 0.6) is 17.2 Å². The van der Waals surface area contributed by atoms with Gasteiger partial charge in [-0.3, -0.25) is 10.1 Å². The van der Waals surface area contributed by atoms with Gasteiger partial charge < -0.3 is 14.2 Å². The lowest BCUT2D eigenvalue weighted by atomic mass is 10.1. The smallest absolute Gasteiger partial charge is 0.268 e. The summed E-state index contributed by atoms with van der Waals surface area (Å²) in [6.07, 6.45) is 2.18. The molecule has 3 rings (SSSR count). The normalized spacial score (nSPS) is 11.2. The van der Waals surface area contributed by atoms with Gasteiger partial charge in [-0.05, 0) is 48.7 Å². The predicted molar refractivity (Wildman–Crippen MR) is 141 cm³/mol. The summed E-state index contributed by atoms with van der Waals surface area (Å²) in [5.41, 5.74) is 1.54. The van der Waals surface area contributed by atoms with Gasteiger partial charge in [-0.2, -0.15) is 5.26 Å². The maximum atomic E-state index is 12.6. The number of hydrogen-bond donors (Lipinski definition) is 1. The van der Waals surface area contributed by atoms with Crippen LogP contribution in [0.3, 0.4) is 0 Å². The minimum absolute atomic E-state index is 0.117. The molecule has 1 heterocycles. The lowest BCUT2D eigenvalue weighted by Gasteiger charge is -2.14. The molecule has 10 heteroatoms. The number of carbonyl (C=O) groups is 1. The second kappa shape index (κ2) is 12.9. The zero-order valence-electron chi connectivity index (χ0n) is 20.5. The zero-order chi connectivity index (χ0) is 26.1. The Morgan fingerprint density at radius 1 is 1.19 bits per heavy atom. The lowest BCUT2D eigenvalue weighted by molar-refractivity contribution is -0.112. The molecule has 0 atom stereocenters. The van der Waals surface area contributed by atoms with E-state index in [1.54, 1.807) is 12.1 Å². The standard InChI is InChI=1S/C26H27ClN4O4S/c1-16(2)11-23-30-31-26(36-23)29-25(32)19(15-28)12-18-13-21(27)24(22(14-18)33-4)35-10-9-34-20-7-5-17(3)6-8-20/h5-8,12-14,16H,9-11H2,1-4H3,(H,29,31,32)/b19-12-. The minimum atomic E-state index is -0.589. The van der Waals surface area contributed by atoms with E-state index in [-0.39, 0.29) is 17.2 Å². The Bertz CT molecular complexity index is 1270. The fraction of sp³-hybridized carbons (Fsp3) is 0.308. The van der Waals surface area contributed by atoms with Gasteiger partial charge >= 0.3 is 0 Å². The third-order valence-electron chi connectivity index (χ3n) is 4.82. The first-order valence-electron chi connectivity index (χ1n) is 11.2. The molecule has 1 N–H and O–H groups in total. The van der Waals surface area contributed by atoms with Crippen molar-refractivity contribution in [3.63, 3.8) is 0 Å². The van der Waals surface area contributed by atoms with E-state index in [2.05, 4.69) is 29.4 Å². The van der Waals surface area contributed by atoms with E-state index in [0.717, 1.165) is 22.7 Å². The largest absolute Gasteiger partial charge is 0.493 e. The number of halogens is 1. The van der Waals surface area contributed by atoms with E-state index in [9.17, 15) is 10.1 Å². The minimum Gasteiger partial charge on any atom is -0.493 e. The average molecular weight is 527 g/mol. The molecule has 3 aromatic rings. The van der Waals surface area contributed by atoms with Crippen molar-refractivity contribution >= 4 is 40.1 Å². The van der Waals surface area contributed by atoms with Gasteiger partial charge in [-0.1, -0.05) is 54.5 Å². The lowest BCUT2D eigenvalue weighted by Crippen LogP contribution is -2.13. The van der Waals surface area contributed by atoms with Gasteiger partial charge in [0.15, 0.2) is 11.5 Å². The Hall–Kier alpha value is -3.61. The summed E-state index contributed by atoms with van der Waals surface area (Å²) >= 11 is 7.72. The monoisotopic (exact) mass is 526 g/mol. The topological polar surface area (TPSA) is 106 Å². The summed E-state index contributed by atoms with van der Waals surface area (Å²) in [6, 6.07) is 12.9. The van der Waals surface area contributed by atoms with Crippen molar-refractivity contribution in [3.05, 3.63) is 63.1 Å². The van der Waals surface area contributed by atoms with E-state index in [4.69, 9.17) is 25.8 Å². The van der Waals surface area contributed by atoms with Crippen molar-refractivity contribution in [2.45, 2.75) is 27.2 Å². The molecular weight excluding hydrogens is 500 g/mol. The van der Waals surface area contributed by atoms with Crippen molar-refractivity contribution in [1.82, 2.24) is 10.2 Å². The summed E-state index contributed by atoms with van der Waals surface area (Å²) in [5, 5.41) is 21.6. The number of nitrogens with one attached hydrogen (secondary N) is 1. The molecule has 1 amide bonds. The summed E-state index contributed by atoms with van der Waals surface area (Å²) < 4.78 is 16.9. The van der Waals surface area contributed by atoms with Gasteiger partial charge in [-0.25, -0.2) is 0 Å². The van der Waals surface area contributed by atoms with Crippen LogP contribution in [0.4, 0.5) is 5.13 Å². The van der Waals surface area contributed by atoms with E-state index in [1.807, 2.05) is 37.3 Å². The number of carbonyl (C=O) groups excluding carboxylic acids is 1. The van der Waals surface area contributed by atoms with Gasteiger partial charge in [0.25, 0.3) is 5.91 Å². The van der Waals surface area contributed by atoms with Gasteiger partial charge in [0.05, 0.1) is 12.1 Å². The molecular formula is C26H27ClN4O4S. The fourth-order valence-electron chi connectivity index (χ4n) is 3.12. The predicted octanol–water partition coefficient (Wildman–Crippen LogP) is 5.71. The summed E-state index contributed by atoms with van der Waals surface area (Å²) in [6.45, 7) is 6.71. The van der Waals surface area contributed by atoms with Gasteiger partial charge in [0, 0.05) is 6.42 Å². The Labute approximate surface area is 219 Å². The van der Waals surface area contributed by atoms with Crippen LogP contribution >= 0.6 is 22.9 Å². The van der Waals surface area contributed by atoms with Crippen molar-refractivity contribution in [3.8, 4) is 23.3 Å². The third kappa shape index (κ3) is 7.70. The molecule has 0 bridgehead atoms. The van der Waals surface area contributed by atoms with Gasteiger partial charge in [0.2, 0.25) is 5.13 Å². The number of rotatable bonds is 11. The molecule has 0 aliphatic heterocycles. The van der Waals surface area contributed by atoms with Crippen molar-refractivity contribution < 1.29 is 19.0 Å². The maximum absolute atomic E-state index is 12.6. The van der Waals surface area contributed by atoms with Crippen molar-refractivity contribution in [1.29, 1.82) is 5.26 Å². The molecule has 0 spiro atoms. The van der Waals surface area contributed by atoms with Gasteiger partial charge in [-0.15, -0.1) is 10.2 Å². The van der Waals surface area contributed by atoms with Crippen LogP contribution in [0.15, 0.2) is 42.0 Å². The Morgan fingerprint density at radius 3 is 2.58 bits per heavy atom. The number of amides is 1. The number of benzene rings is 2. The Balaban J connectivity index is 1.66. The number of nitrogens with zero attached hydrogens (tertiary/aromatic N) is 3. The van der Waals surface area contributed by atoms with Crippen molar-refractivity contribution in [2.24, 2.45) is 5.92 Å². The molecule has 188 valence electrons. The number of aromatic nitrogens is 2. The van der Waals surface area contributed by atoms with Crippen LogP contribution in [-0.4, -0.2) is 36.4 Å². The first-order valence-corrected chi connectivity index (χ1v) is 12.4. The van der Waals surface area contributed by atoms with E-state index >= 15 is 0 Å². The van der Waals surface area contributed by atoms with E-state index in [0.29, 0.717) is 34.7 Å². The molecule has 2 aromatic carbocycles. The van der Waals surface area contributed by atoms with Crippen LogP contribution < -0.4 is 19.5 Å². The fourth-order valence-corrected chi connectivity index (χ4v) is 4.34. The first kappa shape index (κ1) is 27.0. The molecule has 0 radical (unpaired) electrons. The number of hydrogen-bond acceptors (Lipinski definition) is 8. The maximum Gasteiger partial charge on any atom is 0.268 e. The molecule has 8 nitrogen and oxygen atoms in total. The molecule has 0 aliphatic rings. The van der Waals surface area contributed by atoms with Crippen LogP contribution in [0.25, 0.3) is 6.08 Å². The number of aryl methyl sites for hydroxylation is 1. The molecule has 0 fully saturated rings. The molecule has 0 saturated heterocycles. The van der Waals surface area contributed by atoms with Crippen LogP contribution in [-0.2, 0) is 11.2 Å². The van der Waals surface area contributed by atoms with Crippen LogP contribution in [0.1, 0.15) is 30.0 Å². The quantitative estimate of drug-likeness (QED) is 0.194. The highest BCUT2D eigenvalue weighted by Crippen LogP contribution is 2.37. The summed E-state index contributed by atoms with van der Waals surface area (Å²) in [4.78, 5) is 12.6. The highest BCUT2D eigenvalue weighted by atomic mass is 35.5. The van der Waals surface area contributed by atoms with Crippen LogP contribution in [0, 0.1) is 24.2 Å². The average Bonchev–Trinajstić information content (AvgIpc) is 3.27. The first-order chi connectivity index (χ1) is 17.3. The molecule has 0 saturated carbocycles. The zero-order valence-corrected chi connectivity index (χ0v) is 22.1. The number of methoxy groups -OCH3 is 1. The SMILES string of the molecule is COc1cc(/C=C(/C#N)C(=O)Nc2nnc(CC(C)C)s2)cc(Cl)c1OCCOc1ccc(C)cc1. The molecule has 36 heavy (non-hydrogen) atoms. The second-order valence-electron chi connectivity index (χ2n) is 8.27. The summed E-state index contributed by atoms with van der Waals surface area (Å²) in [7, 11) is 1.48. The number of nitriles is 1. The Kier molecular flexibility index (Phi) is 9.68. The molecule has 1 aromatic heterocycles. The number of ether oxygens (including phenoxy) is 3. The van der Waals surface area contributed by atoms with Crippen molar-refractivity contribution in [2.75, 3.05) is 25.6 Å². The van der Waals surface area contributed by atoms with Crippen LogP contribution in [0.2, 0.25) is 5.02 Å². The van der Waals surface area contributed by atoms with E-state index in [1.165, 1.54) is 24.5 Å².